The van der Waals surface area contributed by atoms with Gasteiger partial charge in [0.15, 0.2) is 0 Å². The third kappa shape index (κ3) is 4.97. The van der Waals surface area contributed by atoms with Gasteiger partial charge in [-0.1, -0.05) is 53.0 Å². The summed E-state index contributed by atoms with van der Waals surface area (Å²) in [6, 6.07) is 21.8. The van der Waals surface area contributed by atoms with E-state index in [2.05, 4.69) is 5.32 Å². The molecule has 0 aliphatic carbocycles. The molecule has 0 bridgehead atoms. The highest BCUT2D eigenvalue weighted by Crippen LogP contribution is 2.32. The van der Waals surface area contributed by atoms with Gasteiger partial charge in [0.25, 0.3) is 11.8 Å². The van der Waals surface area contributed by atoms with Crippen LogP contribution < -0.4 is 5.32 Å². The van der Waals surface area contributed by atoms with Crippen molar-refractivity contribution in [1.29, 1.82) is 0 Å². The van der Waals surface area contributed by atoms with Crippen LogP contribution in [0.5, 0.6) is 0 Å². The molecule has 0 saturated heterocycles. The highest BCUT2D eigenvalue weighted by molar-refractivity contribution is 6.37. The molecule has 5 nitrogen and oxygen atoms in total. The van der Waals surface area contributed by atoms with Crippen molar-refractivity contribution in [2.24, 2.45) is 0 Å². The number of furan rings is 1. The zero-order chi connectivity index (χ0) is 24.5. The minimum atomic E-state index is -0.326. The van der Waals surface area contributed by atoms with Gasteiger partial charge in [0, 0.05) is 46.9 Å². The number of nitrogens with one attached hydrogen (secondary N) is 1. The smallest absolute Gasteiger partial charge is 0.257 e. The summed E-state index contributed by atoms with van der Waals surface area (Å²) in [7, 11) is 0. The lowest BCUT2D eigenvalue weighted by Gasteiger charge is -2.26. The number of hydrogen-bond donors (Lipinski definition) is 1. The van der Waals surface area contributed by atoms with Crippen molar-refractivity contribution in [2.75, 3.05) is 11.9 Å². The molecule has 0 saturated carbocycles. The van der Waals surface area contributed by atoms with E-state index in [1.54, 1.807) is 18.2 Å². The van der Waals surface area contributed by atoms with E-state index in [1.807, 2.05) is 60.4 Å². The Morgan fingerprint density at radius 2 is 1.80 bits per heavy atom. The normalized spacial score (nSPS) is 12.8. The van der Waals surface area contributed by atoms with E-state index in [4.69, 9.17) is 27.6 Å². The summed E-state index contributed by atoms with van der Waals surface area (Å²) >= 11 is 12.1. The van der Waals surface area contributed by atoms with Crippen LogP contribution in [0.1, 0.15) is 37.6 Å². The Hall–Kier alpha value is -3.54. The molecule has 7 heteroatoms. The predicted octanol–water partition coefficient (Wildman–Crippen LogP) is 7.01. The number of nitrogens with zero attached hydrogens (tertiary/aromatic N) is 1. The Kier molecular flexibility index (Phi) is 6.37. The second-order valence-corrected chi connectivity index (χ2v) is 9.41. The number of carbonyl (C=O) groups excluding carboxylic acids is 2. The molecule has 5 rings (SSSR count). The van der Waals surface area contributed by atoms with Gasteiger partial charge >= 0.3 is 0 Å². The number of anilines is 1. The minimum Gasteiger partial charge on any atom is -0.461 e. The van der Waals surface area contributed by atoms with Crippen LogP contribution in [0.15, 0.2) is 77.2 Å². The number of hydrogen-bond acceptors (Lipinski definition) is 3. The molecule has 0 unspecified atom stereocenters. The van der Waals surface area contributed by atoms with Crippen LogP contribution in [-0.2, 0) is 13.0 Å². The molecule has 3 aromatic carbocycles. The van der Waals surface area contributed by atoms with Crippen LogP contribution in [0.25, 0.3) is 11.3 Å². The zero-order valence-corrected chi connectivity index (χ0v) is 20.5. The third-order valence-electron chi connectivity index (χ3n) is 6.00. The largest absolute Gasteiger partial charge is 0.461 e. The van der Waals surface area contributed by atoms with Gasteiger partial charge < -0.3 is 14.6 Å². The molecule has 0 radical (unpaired) electrons. The van der Waals surface area contributed by atoms with E-state index in [1.165, 1.54) is 6.07 Å². The molecule has 176 valence electrons. The zero-order valence-electron chi connectivity index (χ0n) is 19.0. The average molecular weight is 505 g/mol. The summed E-state index contributed by atoms with van der Waals surface area (Å²) in [6.45, 7) is 3.08. The van der Waals surface area contributed by atoms with Gasteiger partial charge in [-0.15, -0.1) is 0 Å². The van der Waals surface area contributed by atoms with Crippen molar-refractivity contribution in [3.05, 3.63) is 111 Å². The Labute approximate surface area is 213 Å². The Bertz CT molecular complexity index is 1440. The first-order chi connectivity index (χ1) is 16.9. The lowest BCUT2D eigenvalue weighted by molar-refractivity contribution is 0.0729. The van der Waals surface area contributed by atoms with Gasteiger partial charge in [0.2, 0.25) is 0 Å². The second kappa shape index (κ2) is 9.61. The highest BCUT2D eigenvalue weighted by Gasteiger charge is 2.25. The monoisotopic (exact) mass is 504 g/mol. The maximum Gasteiger partial charge on any atom is 0.257 e. The maximum absolute atomic E-state index is 13.0. The van der Waals surface area contributed by atoms with Gasteiger partial charge in [-0.05, 0) is 55.5 Å². The molecule has 4 aromatic rings. The van der Waals surface area contributed by atoms with Crippen LogP contribution in [-0.4, -0.2) is 23.3 Å². The lowest BCUT2D eigenvalue weighted by atomic mass is 10.1. The molecule has 1 aliphatic rings. The van der Waals surface area contributed by atoms with E-state index in [-0.39, 0.29) is 16.8 Å². The number of benzene rings is 3. The molecule has 0 atom stereocenters. The first-order valence-electron chi connectivity index (χ1n) is 11.2. The summed E-state index contributed by atoms with van der Waals surface area (Å²) in [6.07, 6.45) is 0.651. The maximum atomic E-state index is 13.0. The summed E-state index contributed by atoms with van der Waals surface area (Å²) in [5.41, 5.74) is 4.54. The summed E-state index contributed by atoms with van der Waals surface area (Å²) in [5, 5.41) is 3.63. The molecule has 1 aromatic heterocycles. The molecule has 2 amide bonds. The number of carbonyl (C=O) groups is 2. The Balaban J connectivity index is 1.33. The van der Waals surface area contributed by atoms with Crippen LogP contribution in [0.3, 0.4) is 0 Å². The molecule has 0 fully saturated rings. The van der Waals surface area contributed by atoms with Crippen molar-refractivity contribution in [2.45, 2.75) is 19.9 Å². The van der Waals surface area contributed by atoms with Crippen molar-refractivity contribution >= 4 is 40.7 Å². The third-order valence-corrected chi connectivity index (χ3v) is 6.55. The number of amides is 2. The van der Waals surface area contributed by atoms with Gasteiger partial charge in [-0.25, -0.2) is 0 Å². The molecular weight excluding hydrogens is 483 g/mol. The van der Waals surface area contributed by atoms with E-state index in [0.717, 1.165) is 22.5 Å². The SMILES string of the molecule is Cc1cccc(C(=O)N2CCc3oc(-c4cccc(NC(=O)c5ccc(Cl)cc5Cl)c4)cc3C2)c1. The van der Waals surface area contributed by atoms with Crippen molar-refractivity contribution in [3.8, 4) is 11.3 Å². The minimum absolute atomic E-state index is 0.0210. The first kappa shape index (κ1) is 23.2. The second-order valence-electron chi connectivity index (χ2n) is 8.56. The molecular formula is C28H22Cl2N2O3. The number of rotatable bonds is 4. The highest BCUT2D eigenvalue weighted by atomic mass is 35.5. The fourth-order valence-electron chi connectivity index (χ4n) is 4.23. The molecule has 1 N–H and O–H groups in total. The average Bonchev–Trinajstić information content (AvgIpc) is 3.27. The van der Waals surface area contributed by atoms with Crippen LogP contribution in [0, 0.1) is 6.92 Å². The topological polar surface area (TPSA) is 62.6 Å². The Morgan fingerprint density at radius 3 is 2.60 bits per heavy atom. The first-order valence-corrected chi connectivity index (χ1v) is 12.0. The number of fused-ring (bicyclic) bond motifs is 1. The molecule has 2 heterocycles. The van der Waals surface area contributed by atoms with E-state index in [9.17, 15) is 9.59 Å². The van der Waals surface area contributed by atoms with Crippen LogP contribution in [0.2, 0.25) is 10.0 Å². The Morgan fingerprint density at radius 1 is 0.971 bits per heavy atom. The summed E-state index contributed by atoms with van der Waals surface area (Å²) < 4.78 is 6.14. The lowest BCUT2D eigenvalue weighted by Crippen LogP contribution is -2.35. The van der Waals surface area contributed by atoms with Crippen molar-refractivity contribution in [3.63, 3.8) is 0 Å². The van der Waals surface area contributed by atoms with Gasteiger partial charge in [-0.2, -0.15) is 0 Å². The van der Waals surface area contributed by atoms with Gasteiger partial charge in [0.05, 0.1) is 10.6 Å². The summed E-state index contributed by atoms with van der Waals surface area (Å²) in [4.78, 5) is 27.5. The van der Waals surface area contributed by atoms with E-state index in [0.29, 0.717) is 47.1 Å². The predicted molar refractivity (Wildman–Crippen MR) is 138 cm³/mol. The van der Waals surface area contributed by atoms with Crippen molar-refractivity contribution in [1.82, 2.24) is 4.90 Å². The molecule has 35 heavy (non-hydrogen) atoms. The van der Waals surface area contributed by atoms with E-state index < -0.39 is 0 Å². The van der Waals surface area contributed by atoms with E-state index >= 15 is 0 Å². The number of halogens is 2. The fraction of sp³-hybridized carbons (Fsp3) is 0.143. The fourth-order valence-corrected chi connectivity index (χ4v) is 4.73. The van der Waals surface area contributed by atoms with Gasteiger partial charge in [0.1, 0.15) is 11.5 Å². The molecule has 0 spiro atoms. The standard InChI is InChI=1S/C28H22Cl2N2O3/c1-17-4-2-6-19(12-17)28(34)32-11-10-25-20(16-32)14-26(35-25)18-5-3-7-22(13-18)31-27(33)23-9-8-21(29)15-24(23)30/h2-9,12-15H,10-11,16H2,1H3,(H,31,33). The molecule has 1 aliphatic heterocycles. The van der Waals surface area contributed by atoms with Crippen molar-refractivity contribution < 1.29 is 14.0 Å². The van der Waals surface area contributed by atoms with Gasteiger partial charge in [-0.3, -0.25) is 9.59 Å². The quantitative estimate of drug-likeness (QED) is 0.325. The summed E-state index contributed by atoms with van der Waals surface area (Å²) in [5.74, 6) is 1.27. The van der Waals surface area contributed by atoms with Crippen LogP contribution in [0.4, 0.5) is 5.69 Å². The number of aryl methyl sites for hydroxylation is 1. The van der Waals surface area contributed by atoms with Crippen LogP contribution >= 0.6 is 23.2 Å².